The molecule has 84 valence electrons. The van der Waals surface area contributed by atoms with Crippen molar-refractivity contribution in [2.24, 2.45) is 0 Å². The molecule has 0 fully saturated rings. The van der Waals surface area contributed by atoms with Crippen LogP contribution in [0, 0.1) is 0 Å². The fourth-order valence-corrected chi connectivity index (χ4v) is 1.76. The SMILES string of the molecule is CC(C)OC(=O)NCC(C)c1nccs1. The molecule has 1 atom stereocenters. The molecule has 1 aromatic rings. The van der Waals surface area contributed by atoms with Crippen LogP contribution in [0.5, 0.6) is 0 Å². The molecular formula is C10H16N2O2S. The average Bonchev–Trinajstić information content (AvgIpc) is 2.65. The van der Waals surface area contributed by atoms with Crippen LogP contribution in [0.4, 0.5) is 4.79 Å². The molecule has 0 saturated heterocycles. The van der Waals surface area contributed by atoms with E-state index in [4.69, 9.17) is 4.74 Å². The standard InChI is InChI=1S/C10H16N2O2S/c1-7(2)14-10(13)12-6-8(3)9-11-4-5-15-9/h4-5,7-8H,6H2,1-3H3,(H,12,13). The van der Waals surface area contributed by atoms with E-state index in [0.717, 1.165) is 5.01 Å². The van der Waals surface area contributed by atoms with Crippen LogP contribution < -0.4 is 5.32 Å². The van der Waals surface area contributed by atoms with Crippen LogP contribution in [0.3, 0.4) is 0 Å². The zero-order valence-corrected chi connectivity index (χ0v) is 10.0. The average molecular weight is 228 g/mol. The van der Waals surface area contributed by atoms with Gasteiger partial charge in [-0.3, -0.25) is 0 Å². The van der Waals surface area contributed by atoms with Gasteiger partial charge in [0, 0.05) is 24.0 Å². The van der Waals surface area contributed by atoms with E-state index >= 15 is 0 Å². The molecule has 0 spiro atoms. The van der Waals surface area contributed by atoms with Crippen LogP contribution in [-0.2, 0) is 4.74 Å². The van der Waals surface area contributed by atoms with Crippen molar-refractivity contribution in [1.82, 2.24) is 10.3 Å². The summed E-state index contributed by atoms with van der Waals surface area (Å²) >= 11 is 1.59. The first-order valence-electron chi connectivity index (χ1n) is 4.93. The monoisotopic (exact) mass is 228 g/mol. The highest BCUT2D eigenvalue weighted by atomic mass is 32.1. The highest BCUT2D eigenvalue weighted by Crippen LogP contribution is 2.16. The van der Waals surface area contributed by atoms with Crippen molar-refractivity contribution in [2.75, 3.05) is 6.54 Å². The van der Waals surface area contributed by atoms with Crippen molar-refractivity contribution in [3.8, 4) is 0 Å². The molecule has 15 heavy (non-hydrogen) atoms. The number of ether oxygens (including phenoxy) is 1. The third-order valence-electron chi connectivity index (χ3n) is 1.77. The third-order valence-corrected chi connectivity index (χ3v) is 2.78. The topological polar surface area (TPSA) is 51.2 Å². The van der Waals surface area contributed by atoms with Gasteiger partial charge in [-0.05, 0) is 13.8 Å². The lowest BCUT2D eigenvalue weighted by Gasteiger charge is -2.12. The van der Waals surface area contributed by atoms with Crippen molar-refractivity contribution >= 4 is 17.4 Å². The predicted octanol–water partition coefficient (Wildman–Crippen LogP) is 2.38. The van der Waals surface area contributed by atoms with E-state index in [-0.39, 0.29) is 18.1 Å². The van der Waals surface area contributed by atoms with Crippen molar-refractivity contribution in [3.63, 3.8) is 0 Å². The Kier molecular flexibility index (Phi) is 4.55. The number of aromatic nitrogens is 1. The molecule has 5 heteroatoms. The third kappa shape index (κ3) is 4.29. The largest absolute Gasteiger partial charge is 0.447 e. The quantitative estimate of drug-likeness (QED) is 0.860. The molecular weight excluding hydrogens is 212 g/mol. The molecule has 0 bridgehead atoms. The minimum atomic E-state index is -0.367. The van der Waals surface area contributed by atoms with Gasteiger partial charge in [0.05, 0.1) is 11.1 Å². The van der Waals surface area contributed by atoms with Crippen molar-refractivity contribution in [3.05, 3.63) is 16.6 Å². The number of hydrogen-bond donors (Lipinski definition) is 1. The molecule has 1 heterocycles. The van der Waals surface area contributed by atoms with Crippen LogP contribution in [0.25, 0.3) is 0 Å². The molecule has 1 aromatic heterocycles. The summed E-state index contributed by atoms with van der Waals surface area (Å²) in [6.45, 7) is 6.22. The maximum Gasteiger partial charge on any atom is 0.407 e. The molecule has 1 N–H and O–H groups in total. The van der Waals surface area contributed by atoms with Gasteiger partial charge in [0.25, 0.3) is 0 Å². The van der Waals surface area contributed by atoms with Crippen LogP contribution in [0.1, 0.15) is 31.7 Å². The number of hydrogen-bond acceptors (Lipinski definition) is 4. The summed E-state index contributed by atoms with van der Waals surface area (Å²) in [4.78, 5) is 15.4. The molecule has 0 aromatic carbocycles. The highest BCUT2D eigenvalue weighted by molar-refractivity contribution is 7.09. The summed E-state index contributed by atoms with van der Waals surface area (Å²) in [5.74, 6) is 0.227. The van der Waals surface area contributed by atoms with Crippen LogP contribution >= 0.6 is 11.3 Å². The fraction of sp³-hybridized carbons (Fsp3) is 0.600. The van der Waals surface area contributed by atoms with Gasteiger partial charge in [-0.2, -0.15) is 0 Å². The zero-order valence-electron chi connectivity index (χ0n) is 9.19. The van der Waals surface area contributed by atoms with Gasteiger partial charge in [-0.1, -0.05) is 6.92 Å². The van der Waals surface area contributed by atoms with E-state index in [1.807, 2.05) is 26.2 Å². The Bertz CT molecular complexity index is 298. The van der Waals surface area contributed by atoms with Gasteiger partial charge in [0.2, 0.25) is 0 Å². The molecule has 0 saturated carbocycles. The normalized spacial score (nSPS) is 12.5. The van der Waals surface area contributed by atoms with Crippen LogP contribution in [0.2, 0.25) is 0 Å². The minimum Gasteiger partial charge on any atom is -0.447 e. The summed E-state index contributed by atoms with van der Waals surface area (Å²) in [6, 6.07) is 0. The number of alkyl carbamates (subject to hydrolysis) is 1. The van der Waals surface area contributed by atoms with E-state index < -0.39 is 0 Å². The molecule has 0 aliphatic carbocycles. The van der Waals surface area contributed by atoms with E-state index in [2.05, 4.69) is 10.3 Å². The second-order valence-corrected chi connectivity index (χ2v) is 4.53. The van der Waals surface area contributed by atoms with Crippen molar-refractivity contribution < 1.29 is 9.53 Å². The Morgan fingerprint density at radius 1 is 1.60 bits per heavy atom. The summed E-state index contributed by atoms with van der Waals surface area (Å²) < 4.78 is 4.95. The van der Waals surface area contributed by atoms with Gasteiger partial charge < -0.3 is 10.1 Å². The summed E-state index contributed by atoms with van der Waals surface area (Å²) in [5.41, 5.74) is 0. The van der Waals surface area contributed by atoms with Gasteiger partial charge >= 0.3 is 6.09 Å². The number of carbonyl (C=O) groups is 1. The Labute approximate surface area is 93.7 Å². The van der Waals surface area contributed by atoms with Crippen molar-refractivity contribution in [2.45, 2.75) is 32.8 Å². The molecule has 1 rings (SSSR count). The number of nitrogens with zero attached hydrogens (tertiary/aromatic N) is 1. The zero-order chi connectivity index (χ0) is 11.3. The Hall–Kier alpha value is -1.10. The molecule has 0 aliphatic rings. The Morgan fingerprint density at radius 2 is 2.33 bits per heavy atom. The van der Waals surface area contributed by atoms with Gasteiger partial charge in [0.15, 0.2) is 0 Å². The molecule has 4 nitrogen and oxygen atoms in total. The van der Waals surface area contributed by atoms with Gasteiger partial charge in [-0.15, -0.1) is 11.3 Å². The lowest BCUT2D eigenvalue weighted by Crippen LogP contribution is -2.30. The number of amides is 1. The first-order valence-corrected chi connectivity index (χ1v) is 5.81. The number of carbonyl (C=O) groups excluding carboxylic acids is 1. The molecule has 1 unspecified atom stereocenters. The lowest BCUT2D eigenvalue weighted by molar-refractivity contribution is 0.115. The van der Waals surface area contributed by atoms with E-state index in [1.165, 1.54) is 0 Å². The maximum absolute atomic E-state index is 11.2. The maximum atomic E-state index is 11.2. The summed E-state index contributed by atoms with van der Waals surface area (Å²) in [6.07, 6.45) is 1.32. The van der Waals surface area contributed by atoms with E-state index in [0.29, 0.717) is 6.54 Å². The number of thiazole rings is 1. The van der Waals surface area contributed by atoms with Crippen LogP contribution in [0.15, 0.2) is 11.6 Å². The van der Waals surface area contributed by atoms with E-state index in [1.54, 1.807) is 17.5 Å². The first-order chi connectivity index (χ1) is 7.09. The Morgan fingerprint density at radius 3 is 2.87 bits per heavy atom. The van der Waals surface area contributed by atoms with Crippen LogP contribution in [-0.4, -0.2) is 23.7 Å². The molecule has 0 aliphatic heterocycles. The Balaban J connectivity index is 2.28. The minimum absolute atomic E-state index is 0.0832. The first kappa shape index (κ1) is 12.0. The van der Waals surface area contributed by atoms with Gasteiger partial charge in [-0.25, -0.2) is 9.78 Å². The van der Waals surface area contributed by atoms with Gasteiger partial charge in [0.1, 0.15) is 0 Å². The second kappa shape index (κ2) is 5.70. The lowest BCUT2D eigenvalue weighted by atomic mass is 10.2. The smallest absolute Gasteiger partial charge is 0.407 e. The summed E-state index contributed by atoms with van der Waals surface area (Å²) in [5, 5.41) is 5.66. The van der Waals surface area contributed by atoms with Crippen molar-refractivity contribution in [1.29, 1.82) is 0 Å². The second-order valence-electron chi connectivity index (χ2n) is 3.61. The number of nitrogens with one attached hydrogen (secondary N) is 1. The predicted molar refractivity (Wildman–Crippen MR) is 60.1 cm³/mol. The highest BCUT2D eigenvalue weighted by Gasteiger charge is 2.10. The summed E-state index contributed by atoms with van der Waals surface area (Å²) in [7, 11) is 0. The van der Waals surface area contributed by atoms with E-state index in [9.17, 15) is 4.79 Å². The molecule has 1 amide bonds. The number of rotatable bonds is 4. The molecule has 0 radical (unpaired) electrons. The fourth-order valence-electron chi connectivity index (χ4n) is 1.06.